The molecule has 1 fully saturated rings. The topological polar surface area (TPSA) is 161 Å². The molecule has 188 valence electrons. The largest absolute Gasteiger partial charge is 0.467 e. The van der Waals surface area contributed by atoms with Gasteiger partial charge >= 0.3 is 11.7 Å². The number of H-pyrrole nitrogens is 1. The number of nitrogens with two attached hydrogens (primary N) is 1. The standard InChI is InChI=1S/C24H25N5O7/c1-27(20-21(25)29(24(34)26-22(20)32)11-15-6-3-2-4-7-15)19(31)14-36-23(33)16-10-18(30)28(12-16)13-17-8-5-9-35-17/h2-9,16H,10-14,25H2,1H3,(H,26,32,34). The number of carbonyl (C=O) groups is 3. The van der Waals surface area contributed by atoms with Gasteiger partial charge in [0.2, 0.25) is 5.91 Å². The first-order valence-electron chi connectivity index (χ1n) is 11.1. The quantitative estimate of drug-likeness (QED) is 0.422. The maximum atomic E-state index is 12.7. The van der Waals surface area contributed by atoms with Gasteiger partial charge in [-0.05, 0) is 17.7 Å². The zero-order valence-electron chi connectivity index (χ0n) is 19.5. The van der Waals surface area contributed by atoms with Gasteiger partial charge in [-0.25, -0.2) is 4.79 Å². The summed E-state index contributed by atoms with van der Waals surface area (Å²) in [7, 11) is 1.29. The number of benzene rings is 1. The molecular formula is C24H25N5O7. The van der Waals surface area contributed by atoms with E-state index in [0.717, 1.165) is 15.0 Å². The van der Waals surface area contributed by atoms with Gasteiger partial charge in [0.05, 0.1) is 25.3 Å². The lowest BCUT2D eigenvalue weighted by Crippen LogP contribution is -2.41. The van der Waals surface area contributed by atoms with E-state index in [4.69, 9.17) is 14.9 Å². The van der Waals surface area contributed by atoms with Crippen LogP contribution in [0, 0.1) is 5.92 Å². The monoisotopic (exact) mass is 495 g/mol. The van der Waals surface area contributed by atoms with Gasteiger partial charge in [-0.3, -0.25) is 28.7 Å². The highest BCUT2D eigenvalue weighted by atomic mass is 16.5. The van der Waals surface area contributed by atoms with Crippen molar-refractivity contribution in [1.82, 2.24) is 14.5 Å². The van der Waals surface area contributed by atoms with Crippen LogP contribution >= 0.6 is 0 Å². The van der Waals surface area contributed by atoms with Gasteiger partial charge in [0.1, 0.15) is 11.6 Å². The van der Waals surface area contributed by atoms with Crippen molar-refractivity contribution in [3.05, 3.63) is 80.9 Å². The molecule has 0 saturated carbocycles. The van der Waals surface area contributed by atoms with Crippen LogP contribution in [0.1, 0.15) is 17.7 Å². The van der Waals surface area contributed by atoms with E-state index in [-0.39, 0.29) is 43.5 Å². The highest BCUT2D eigenvalue weighted by Crippen LogP contribution is 2.22. The van der Waals surface area contributed by atoms with E-state index in [9.17, 15) is 24.0 Å². The number of ether oxygens (including phenoxy) is 1. The second-order valence-electron chi connectivity index (χ2n) is 8.38. The molecule has 36 heavy (non-hydrogen) atoms. The molecule has 0 bridgehead atoms. The number of likely N-dealkylation sites (N-methyl/N-ethyl adjacent to an activating group) is 1. The Morgan fingerprint density at radius 3 is 2.58 bits per heavy atom. The Morgan fingerprint density at radius 1 is 1.14 bits per heavy atom. The molecule has 2 amide bonds. The summed E-state index contributed by atoms with van der Waals surface area (Å²) in [6.45, 7) is -0.219. The van der Waals surface area contributed by atoms with Crippen LogP contribution in [0.25, 0.3) is 0 Å². The molecule has 1 aliphatic rings. The van der Waals surface area contributed by atoms with Crippen LogP contribution in [0.15, 0.2) is 62.7 Å². The number of aromatic nitrogens is 2. The summed E-state index contributed by atoms with van der Waals surface area (Å²) < 4.78 is 11.5. The summed E-state index contributed by atoms with van der Waals surface area (Å²) in [5.74, 6) is -2.01. The highest BCUT2D eigenvalue weighted by Gasteiger charge is 2.36. The predicted molar refractivity (Wildman–Crippen MR) is 128 cm³/mol. The number of hydrogen-bond acceptors (Lipinski definition) is 8. The smallest absolute Gasteiger partial charge is 0.330 e. The van der Waals surface area contributed by atoms with Crippen molar-refractivity contribution in [3.63, 3.8) is 0 Å². The van der Waals surface area contributed by atoms with Crippen LogP contribution in [-0.2, 0) is 32.2 Å². The van der Waals surface area contributed by atoms with Crippen LogP contribution in [0.5, 0.6) is 0 Å². The number of likely N-dealkylation sites (tertiary alicyclic amines) is 1. The van der Waals surface area contributed by atoms with Crippen LogP contribution < -0.4 is 21.9 Å². The third-order valence-corrected chi connectivity index (χ3v) is 5.92. The van der Waals surface area contributed by atoms with E-state index in [1.165, 1.54) is 18.2 Å². The number of rotatable bonds is 8. The number of nitrogens with zero attached hydrogens (tertiary/aromatic N) is 3. The number of amides is 2. The molecule has 3 heterocycles. The molecule has 2 aromatic heterocycles. The van der Waals surface area contributed by atoms with Gasteiger partial charge in [0.25, 0.3) is 11.5 Å². The molecule has 1 aliphatic heterocycles. The van der Waals surface area contributed by atoms with Crippen molar-refractivity contribution >= 4 is 29.3 Å². The summed E-state index contributed by atoms with van der Waals surface area (Å²) >= 11 is 0. The van der Waals surface area contributed by atoms with Crippen molar-refractivity contribution in [2.75, 3.05) is 30.8 Å². The van der Waals surface area contributed by atoms with Crippen molar-refractivity contribution in [1.29, 1.82) is 0 Å². The van der Waals surface area contributed by atoms with Crippen LogP contribution in [-0.4, -0.2) is 52.4 Å². The zero-order valence-corrected chi connectivity index (χ0v) is 19.5. The fraction of sp³-hybridized carbons (Fsp3) is 0.292. The average Bonchev–Trinajstić information content (AvgIpc) is 3.50. The molecule has 1 unspecified atom stereocenters. The Morgan fingerprint density at radius 2 is 1.89 bits per heavy atom. The second kappa shape index (κ2) is 10.3. The second-order valence-corrected chi connectivity index (χ2v) is 8.38. The number of aromatic amines is 1. The molecule has 1 aromatic carbocycles. The Hall–Kier alpha value is -4.61. The molecule has 0 radical (unpaired) electrons. The fourth-order valence-electron chi connectivity index (χ4n) is 3.97. The molecular weight excluding hydrogens is 470 g/mol. The molecule has 0 aliphatic carbocycles. The van der Waals surface area contributed by atoms with Crippen molar-refractivity contribution in [2.45, 2.75) is 19.5 Å². The molecule has 12 nitrogen and oxygen atoms in total. The number of nitrogen functional groups attached to an aromatic ring is 1. The van der Waals surface area contributed by atoms with Crippen molar-refractivity contribution < 1.29 is 23.5 Å². The third-order valence-electron chi connectivity index (χ3n) is 5.92. The van der Waals surface area contributed by atoms with Gasteiger partial charge in [0, 0.05) is 20.0 Å². The lowest BCUT2D eigenvalue weighted by Gasteiger charge is -2.20. The summed E-state index contributed by atoms with van der Waals surface area (Å²) in [5, 5.41) is 0. The van der Waals surface area contributed by atoms with Crippen LogP contribution in [0.2, 0.25) is 0 Å². The van der Waals surface area contributed by atoms with Gasteiger partial charge in [0.15, 0.2) is 12.3 Å². The first kappa shape index (κ1) is 24.5. The summed E-state index contributed by atoms with van der Waals surface area (Å²) in [5.41, 5.74) is 5.06. The SMILES string of the molecule is CN(C(=O)COC(=O)C1CC(=O)N(Cc2ccco2)C1)c1c(N)n(Cc2ccccc2)c(=O)[nH]c1=O. The van der Waals surface area contributed by atoms with Gasteiger partial charge in [-0.1, -0.05) is 30.3 Å². The van der Waals surface area contributed by atoms with Gasteiger partial charge in [-0.2, -0.15) is 0 Å². The number of nitrogens with one attached hydrogen (secondary N) is 1. The number of esters is 1. The average molecular weight is 495 g/mol. The maximum Gasteiger partial charge on any atom is 0.330 e. The van der Waals surface area contributed by atoms with E-state index in [2.05, 4.69) is 4.98 Å². The van der Waals surface area contributed by atoms with E-state index in [0.29, 0.717) is 5.76 Å². The minimum atomic E-state index is -0.848. The van der Waals surface area contributed by atoms with E-state index in [1.54, 1.807) is 36.4 Å². The number of carbonyl (C=O) groups excluding carboxylic acids is 3. The van der Waals surface area contributed by atoms with Crippen LogP contribution in [0.3, 0.4) is 0 Å². The van der Waals surface area contributed by atoms with Gasteiger partial charge in [-0.15, -0.1) is 0 Å². The number of hydrogen-bond donors (Lipinski definition) is 2. The summed E-state index contributed by atoms with van der Waals surface area (Å²) in [6.07, 6.45) is 1.45. The Balaban J connectivity index is 1.40. The van der Waals surface area contributed by atoms with E-state index >= 15 is 0 Å². The first-order chi connectivity index (χ1) is 17.2. The van der Waals surface area contributed by atoms with E-state index < -0.39 is 35.7 Å². The molecule has 1 atom stereocenters. The molecule has 3 N–H and O–H groups in total. The summed E-state index contributed by atoms with van der Waals surface area (Å²) in [4.78, 5) is 66.8. The Labute approximate surface area is 204 Å². The lowest BCUT2D eigenvalue weighted by atomic mass is 10.1. The minimum absolute atomic E-state index is 0.0410. The Bertz CT molecular complexity index is 1380. The van der Waals surface area contributed by atoms with Crippen molar-refractivity contribution in [2.24, 2.45) is 5.92 Å². The molecule has 0 spiro atoms. The molecule has 4 rings (SSSR count). The molecule has 12 heteroatoms. The number of furan rings is 1. The Kier molecular flexibility index (Phi) is 7.04. The number of anilines is 2. The predicted octanol–water partition coefficient (Wildman–Crippen LogP) is 0.315. The van der Waals surface area contributed by atoms with Gasteiger partial charge < -0.3 is 24.7 Å². The van der Waals surface area contributed by atoms with Crippen LogP contribution in [0.4, 0.5) is 11.5 Å². The summed E-state index contributed by atoms with van der Waals surface area (Å²) in [6, 6.07) is 12.4. The van der Waals surface area contributed by atoms with E-state index in [1.807, 2.05) is 6.07 Å². The highest BCUT2D eigenvalue weighted by molar-refractivity contribution is 5.97. The lowest BCUT2D eigenvalue weighted by molar-refractivity contribution is -0.151. The normalized spacial score (nSPS) is 15.2. The maximum absolute atomic E-state index is 12.7. The van der Waals surface area contributed by atoms with Crippen molar-refractivity contribution in [3.8, 4) is 0 Å². The third kappa shape index (κ3) is 5.22. The zero-order chi connectivity index (χ0) is 25.8. The molecule has 3 aromatic rings. The fourth-order valence-corrected chi connectivity index (χ4v) is 3.97. The first-order valence-corrected chi connectivity index (χ1v) is 11.1. The molecule has 1 saturated heterocycles. The minimum Gasteiger partial charge on any atom is -0.467 e.